The monoisotopic (exact) mass is 306 g/mol. The van der Waals surface area contributed by atoms with Crippen LogP contribution in [0.25, 0.3) is 0 Å². The van der Waals surface area contributed by atoms with E-state index in [1.54, 1.807) is 0 Å². The van der Waals surface area contributed by atoms with Crippen molar-refractivity contribution in [3.05, 3.63) is 23.4 Å². The third-order valence-corrected chi connectivity index (χ3v) is 5.75. The molecule has 2 unspecified atom stereocenters. The summed E-state index contributed by atoms with van der Waals surface area (Å²) in [5.74, 6) is 0. The Hall–Kier alpha value is -0.540. The normalized spacial score (nSPS) is 25.0. The van der Waals surface area contributed by atoms with Crippen molar-refractivity contribution in [1.29, 1.82) is 0 Å². The van der Waals surface area contributed by atoms with Gasteiger partial charge in [-0.15, -0.1) is 11.8 Å². The Labute approximate surface area is 134 Å². The Bertz CT molecular complexity index is 450. The van der Waals surface area contributed by atoms with Gasteiger partial charge in [0.15, 0.2) is 0 Å². The number of nitrogens with one attached hydrogen (secondary N) is 1. The highest BCUT2D eigenvalue weighted by Crippen LogP contribution is 2.42. The number of pyridine rings is 1. The molecule has 1 aromatic heterocycles. The van der Waals surface area contributed by atoms with Crippen LogP contribution in [0.5, 0.6) is 0 Å². The summed E-state index contributed by atoms with van der Waals surface area (Å²) in [5, 5.41) is 5.64. The van der Waals surface area contributed by atoms with Gasteiger partial charge in [0.2, 0.25) is 0 Å². The fourth-order valence-electron chi connectivity index (χ4n) is 3.44. The number of thioether (sulfide) groups is 1. The van der Waals surface area contributed by atoms with Gasteiger partial charge in [0.25, 0.3) is 0 Å². The molecule has 2 nitrogen and oxygen atoms in total. The van der Waals surface area contributed by atoms with Gasteiger partial charge >= 0.3 is 0 Å². The molecule has 0 amide bonds. The lowest BCUT2D eigenvalue weighted by Gasteiger charge is -2.44. The highest BCUT2D eigenvalue weighted by atomic mass is 32.2. The SMILES string of the molecule is CCCNC1C(Sc2cc(C)cc(C)n2)CCCC1(C)C. The zero-order valence-corrected chi connectivity index (χ0v) is 15.0. The fraction of sp³-hybridized carbons (Fsp3) is 0.722. The predicted molar refractivity (Wildman–Crippen MR) is 93.1 cm³/mol. The van der Waals surface area contributed by atoms with Crippen molar-refractivity contribution in [3.8, 4) is 0 Å². The summed E-state index contributed by atoms with van der Waals surface area (Å²) >= 11 is 1.98. The molecule has 0 aromatic carbocycles. The molecule has 1 heterocycles. The Balaban J connectivity index is 2.14. The minimum atomic E-state index is 0.379. The quantitative estimate of drug-likeness (QED) is 0.850. The second kappa shape index (κ2) is 7.15. The first-order valence-corrected chi connectivity index (χ1v) is 9.15. The van der Waals surface area contributed by atoms with E-state index in [1.165, 1.54) is 36.3 Å². The average Bonchev–Trinajstić information content (AvgIpc) is 2.36. The highest BCUT2D eigenvalue weighted by molar-refractivity contribution is 7.99. The maximum Gasteiger partial charge on any atom is 0.0968 e. The fourth-order valence-corrected chi connectivity index (χ4v) is 5.08. The molecule has 21 heavy (non-hydrogen) atoms. The molecule has 1 fully saturated rings. The van der Waals surface area contributed by atoms with Crippen molar-refractivity contribution in [3.63, 3.8) is 0 Å². The second-order valence-corrected chi connectivity index (χ2v) is 8.35. The Morgan fingerprint density at radius 3 is 2.76 bits per heavy atom. The summed E-state index contributed by atoms with van der Waals surface area (Å²) in [6.45, 7) is 12.5. The van der Waals surface area contributed by atoms with Crippen LogP contribution in [-0.2, 0) is 0 Å². The first-order valence-electron chi connectivity index (χ1n) is 8.27. The molecule has 0 bridgehead atoms. The van der Waals surface area contributed by atoms with Gasteiger partial charge in [-0.25, -0.2) is 4.98 Å². The van der Waals surface area contributed by atoms with Crippen LogP contribution in [-0.4, -0.2) is 22.8 Å². The highest BCUT2D eigenvalue weighted by Gasteiger charge is 2.39. The number of rotatable bonds is 5. The van der Waals surface area contributed by atoms with E-state index < -0.39 is 0 Å². The maximum absolute atomic E-state index is 4.73. The van der Waals surface area contributed by atoms with E-state index in [0.29, 0.717) is 16.7 Å². The number of aryl methyl sites for hydroxylation is 2. The smallest absolute Gasteiger partial charge is 0.0968 e. The lowest BCUT2D eigenvalue weighted by atomic mass is 9.73. The minimum Gasteiger partial charge on any atom is -0.312 e. The summed E-state index contributed by atoms with van der Waals surface area (Å²) in [6.07, 6.45) is 5.15. The largest absolute Gasteiger partial charge is 0.312 e. The van der Waals surface area contributed by atoms with Gasteiger partial charge in [-0.1, -0.05) is 27.2 Å². The van der Waals surface area contributed by atoms with E-state index in [4.69, 9.17) is 4.98 Å². The molecular weight excluding hydrogens is 276 g/mol. The van der Waals surface area contributed by atoms with E-state index in [1.807, 2.05) is 11.8 Å². The molecule has 0 aliphatic heterocycles. The Morgan fingerprint density at radius 1 is 1.33 bits per heavy atom. The maximum atomic E-state index is 4.73. The summed E-state index contributed by atoms with van der Waals surface area (Å²) < 4.78 is 0. The molecule has 0 spiro atoms. The molecule has 1 N–H and O–H groups in total. The topological polar surface area (TPSA) is 24.9 Å². The first-order chi connectivity index (χ1) is 9.92. The predicted octanol–water partition coefficient (Wildman–Crippen LogP) is 4.74. The van der Waals surface area contributed by atoms with Gasteiger partial charge in [-0.2, -0.15) is 0 Å². The van der Waals surface area contributed by atoms with Crippen molar-refractivity contribution in [1.82, 2.24) is 10.3 Å². The number of hydrogen-bond acceptors (Lipinski definition) is 3. The Kier molecular flexibility index (Phi) is 5.73. The molecule has 1 aromatic rings. The lowest BCUT2D eigenvalue weighted by Crippen LogP contribution is -2.51. The van der Waals surface area contributed by atoms with Crippen LogP contribution in [0.3, 0.4) is 0 Å². The van der Waals surface area contributed by atoms with Crippen molar-refractivity contribution in [2.24, 2.45) is 5.41 Å². The molecular formula is C18H30N2S. The Morgan fingerprint density at radius 2 is 2.10 bits per heavy atom. The van der Waals surface area contributed by atoms with Crippen molar-refractivity contribution >= 4 is 11.8 Å². The van der Waals surface area contributed by atoms with Crippen LogP contribution in [0.2, 0.25) is 0 Å². The number of aromatic nitrogens is 1. The van der Waals surface area contributed by atoms with Crippen LogP contribution >= 0.6 is 11.8 Å². The van der Waals surface area contributed by atoms with Gasteiger partial charge in [-0.05, 0) is 62.8 Å². The van der Waals surface area contributed by atoms with E-state index in [9.17, 15) is 0 Å². The standard InChI is InChI=1S/C18H30N2S/c1-6-10-19-17-15(8-7-9-18(17,4)5)21-16-12-13(2)11-14(3)20-16/h11-12,15,17,19H,6-10H2,1-5H3. The van der Waals surface area contributed by atoms with Gasteiger partial charge in [0.1, 0.15) is 0 Å². The van der Waals surface area contributed by atoms with E-state index >= 15 is 0 Å². The molecule has 0 radical (unpaired) electrons. The van der Waals surface area contributed by atoms with Crippen LogP contribution in [0.1, 0.15) is 57.7 Å². The zero-order chi connectivity index (χ0) is 15.5. The van der Waals surface area contributed by atoms with Gasteiger partial charge in [0, 0.05) is 17.0 Å². The molecule has 3 heteroatoms. The second-order valence-electron chi connectivity index (χ2n) is 7.09. The molecule has 118 valence electrons. The van der Waals surface area contributed by atoms with Crippen LogP contribution < -0.4 is 5.32 Å². The average molecular weight is 307 g/mol. The molecule has 2 rings (SSSR count). The number of hydrogen-bond donors (Lipinski definition) is 1. The third-order valence-electron chi connectivity index (χ3n) is 4.48. The van der Waals surface area contributed by atoms with Crippen LogP contribution in [0.4, 0.5) is 0 Å². The van der Waals surface area contributed by atoms with Crippen molar-refractivity contribution in [2.75, 3.05) is 6.54 Å². The zero-order valence-electron chi connectivity index (χ0n) is 14.2. The summed E-state index contributed by atoms with van der Waals surface area (Å²) in [6, 6.07) is 4.97. The molecule has 1 aliphatic carbocycles. The number of nitrogens with zero attached hydrogens (tertiary/aromatic N) is 1. The molecule has 2 atom stereocenters. The third kappa shape index (κ3) is 4.46. The summed E-state index contributed by atoms with van der Waals surface area (Å²) in [5.41, 5.74) is 2.83. The van der Waals surface area contributed by atoms with Gasteiger partial charge < -0.3 is 5.32 Å². The summed E-state index contributed by atoms with van der Waals surface area (Å²) in [7, 11) is 0. The van der Waals surface area contributed by atoms with Crippen LogP contribution in [0, 0.1) is 19.3 Å². The van der Waals surface area contributed by atoms with Crippen LogP contribution in [0.15, 0.2) is 17.2 Å². The molecule has 1 saturated carbocycles. The van der Waals surface area contributed by atoms with E-state index in [-0.39, 0.29) is 0 Å². The minimum absolute atomic E-state index is 0.379. The first kappa shape index (κ1) is 16.8. The molecule has 0 saturated heterocycles. The summed E-state index contributed by atoms with van der Waals surface area (Å²) in [4.78, 5) is 4.73. The lowest BCUT2D eigenvalue weighted by molar-refractivity contribution is 0.175. The van der Waals surface area contributed by atoms with Gasteiger partial charge in [0.05, 0.1) is 5.03 Å². The van der Waals surface area contributed by atoms with Crippen molar-refractivity contribution in [2.45, 2.75) is 76.6 Å². The van der Waals surface area contributed by atoms with Gasteiger partial charge in [-0.3, -0.25) is 0 Å². The van der Waals surface area contributed by atoms with E-state index in [0.717, 1.165) is 12.2 Å². The molecule has 1 aliphatic rings. The van der Waals surface area contributed by atoms with E-state index in [2.05, 4.69) is 52.1 Å². The van der Waals surface area contributed by atoms with Crippen molar-refractivity contribution < 1.29 is 0 Å².